The number of nitrogens with zero attached hydrogens (tertiary/aromatic N) is 1. The van der Waals surface area contributed by atoms with Gasteiger partial charge in [-0.25, -0.2) is 0 Å². The summed E-state index contributed by atoms with van der Waals surface area (Å²) in [6.45, 7) is 0. The third-order valence-electron chi connectivity index (χ3n) is 9.80. The van der Waals surface area contributed by atoms with Crippen LogP contribution < -0.4 is 4.90 Å². The predicted octanol–water partition coefficient (Wildman–Crippen LogP) is 13.3. The summed E-state index contributed by atoms with van der Waals surface area (Å²) in [6, 6.07) is 63.3. The molecule has 2 nitrogen and oxygen atoms in total. The van der Waals surface area contributed by atoms with Crippen molar-refractivity contribution in [3.63, 3.8) is 0 Å². The Balaban J connectivity index is 1.15. The van der Waals surface area contributed by atoms with Crippen molar-refractivity contribution in [1.82, 2.24) is 0 Å². The number of rotatable bonds is 4. The van der Waals surface area contributed by atoms with Crippen molar-refractivity contribution in [2.24, 2.45) is 0 Å². The fraction of sp³-hybridized carbons (Fsp3) is 0. The first-order valence-electron chi connectivity index (χ1n) is 16.4. The van der Waals surface area contributed by atoms with Crippen molar-refractivity contribution in [2.75, 3.05) is 4.90 Å². The molecule has 0 aliphatic heterocycles. The van der Waals surface area contributed by atoms with E-state index in [1.54, 1.807) is 0 Å². The lowest BCUT2D eigenvalue weighted by Crippen LogP contribution is -2.09. The Morgan fingerprint density at radius 2 is 0.938 bits per heavy atom. The zero-order valence-electron chi connectivity index (χ0n) is 26.1. The second kappa shape index (κ2) is 10.6. The lowest BCUT2D eigenvalue weighted by Gasteiger charge is -2.26. The summed E-state index contributed by atoms with van der Waals surface area (Å²) in [6.07, 6.45) is 0. The smallest absolute Gasteiger partial charge is 0.136 e. The summed E-state index contributed by atoms with van der Waals surface area (Å²) >= 11 is 0. The van der Waals surface area contributed by atoms with E-state index in [0.29, 0.717) is 0 Å². The second-order valence-corrected chi connectivity index (χ2v) is 12.5. The maximum atomic E-state index is 6.25. The minimum absolute atomic E-state index is 0.909. The van der Waals surface area contributed by atoms with E-state index in [2.05, 4.69) is 169 Å². The Labute approximate surface area is 277 Å². The maximum Gasteiger partial charge on any atom is 0.136 e. The van der Waals surface area contributed by atoms with E-state index < -0.39 is 0 Å². The largest absolute Gasteiger partial charge is 0.456 e. The summed E-state index contributed by atoms with van der Waals surface area (Å²) in [5.41, 5.74) is 7.57. The molecule has 1 heterocycles. The van der Waals surface area contributed by atoms with Crippen LogP contribution in [0.5, 0.6) is 0 Å². The summed E-state index contributed by atoms with van der Waals surface area (Å²) in [4.78, 5) is 2.34. The quantitative estimate of drug-likeness (QED) is 0.184. The average Bonchev–Trinajstić information content (AvgIpc) is 3.54. The van der Waals surface area contributed by atoms with E-state index in [0.717, 1.165) is 39.0 Å². The van der Waals surface area contributed by atoms with Crippen LogP contribution in [-0.2, 0) is 0 Å². The van der Waals surface area contributed by atoms with Crippen LogP contribution in [0.1, 0.15) is 0 Å². The molecule has 2 heteroatoms. The number of fused-ring (bicyclic) bond motifs is 10. The number of furan rings is 1. The lowest BCUT2D eigenvalue weighted by molar-refractivity contribution is 0.669. The van der Waals surface area contributed by atoms with Gasteiger partial charge in [0.2, 0.25) is 0 Å². The average molecular weight is 612 g/mol. The first kappa shape index (κ1) is 26.8. The van der Waals surface area contributed by atoms with Crippen LogP contribution >= 0.6 is 0 Å². The molecular weight excluding hydrogens is 583 g/mol. The summed E-state index contributed by atoms with van der Waals surface area (Å²) in [5.74, 6) is 0. The van der Waals surface area contributed by atoms with Gasteiger partial charge in [-0.1, -0.05) is 127 Å². The molecule has 0 spiro atoms. The minimum Gasteiger partial charge on any atom is -0.456 e. The molecule has 0 amide bonds. The highest BCUT2D eigenvalue weighted by molar-refractivity contribution is 6.24. The Kier molecular flexibility index (Phi) is 5.91. The monoisotopic (exact) mass is 611 g/mol. The Morgan fingerprint density at radius 3 is 1.79 bits per heavy atom. The Morgan fingerprint density at radius 1 is 0.333 bits per heavy atom. The molecule has 0 saturated carbocycles. The van der Waals surface area contributed by atoms with Gasteiger partial charge in [-0.2, -0.15) is 0 Å². The van der Waals surface area contributed by atoms with Crippen LogP contribution in [0, 0.1) is 0 Å². The van der Waals surface area contributed by atoms with Gasteiger partial charge in [-0.05, 0) is 103 Å². The van der Waals surface area contributed by atoms with Crippen molar-refractivity contribution >= 4 is 82.1 Å². The van der Waals surface area contributed by atoms with Gasteiger partial charge < -0.3 is 9.32 Å². The highest BCUT2D eigenvalue weighted by atomic mass is 16.3. The fourth-order valence-corrected chi connectivity index (χ4v) is 7.60. The van der Waals surface area contributed by atoms with Crippen molar-refractivity contribution in [1.29, 1.82) is 0 Å². The predicted molar refractivity (Wildman–Crippen MR) is 204 cm³/mol. The van der Waals surface area contributed by atoms with Gasteiger partial charge in [0.05, 0.1) is 0 Å². The molecule has 9 aromatic carbocycles. The molecule has 224 valence electrons. The first-order valence-corrected chi connectivity index (χ1v) is 16.4. The van der Waals surface area contributed by atoms with Crippen molar-refractivity contribution in [2.45, 2.75) is 0 Å². The van der Waals surface area contributed by atoms with Gasteiger partial charge in [0.25, 0.3) is 0 Å². The van der Waals surface area contributed by atoms with Crippen molar-refractivity contribution in [3.8, 4) is 11.1 Å². The van der Waals surface area contributed by atoms with E-state index in [4.69, 9.17) is 4.42 Å². The van der Waals surface area contributed by atoms with Gasteiger partial charge in [0.15, 0.2) is 0 Å². The molecule has 0 saturated heterocycles. The van der Waals surface area contributed by atoms with Crippen LogP contribution in [0.15, 0.2) is 180 Å². The molecule has 0 atom stereocenters. The molecule has 10 rings (SSSR count). The molecule has 0 fully saturated rings. The molecule has 0 bridgehead atoms. The standard InChI is InChI=1S/C46H29NO/c1-2-11-35(12-3-1)47(37-27-23-32-24-28-43-46(41(32)29-37)40-14-6-7-16-42(40)48-43)36-25-21-31(22-26-36)39-15-8-10-33-19-20-34-18-17-30-9-4-5-13-38(30)45(34)44(33)39/h1-29H. The molecule has 0 N–H and O–H groups in total. The van der Waals surface area contributed by atoms with E-state index >= 15 is 0 Å². The summed E-state index contributed by atoms with van der Waals surface area (Å²) in [7, 11) is 0. The van der Waals surface area contributed by atoms with E-state index in [1.165, 1.54) is 54.2 Å². The van der Waals surface area contributed by atoms with Gasteiger partial charge >= 0.3 is 0 Å². The molecule has 48 heavy (non-hydrogen) atoms. The fourth-order valence-electron chi connectivity index (χ4n) is 7.60. The number of hydrogen-bond donors (Lipinski definition) is 0. The molecule has 0 aliphatic carbocycles. The maximum absolute atomic E-state index is 6.25. The van der Waals surface area contributed by atoms with Crippen molar-refractivity contribution in [3.05, 3.63) is 176 Å². The van der Waals surface area contributed by atoms with Crippen LogP contribution in [0.25, 0.3) is 76.2 Å². The number of anilines is 3. The second-order valence-electron chi connectivity index (χ2n) is 12.5. The van der Waals surface area contributed by atoms with E-state index in [1.807, 2.05) is 12.1 Å². The molecule has 0 radical (unpaired) electrons. The molecule has 0 aliphatic rings. The lowest BCUT2D eigenvalue weighted by atomic mass is 9.91. The van der Waals surface area contributed by atoms with Gasteiger partial charge in [-0.3, -0.25) is 0 Å². The normalized spacial score (nSPS) is 11.8. The number of hydrogen-bond acceptors (Lipinski definition) is 2. The number of para-hydroxylation sites is 2. The van der Waals surface area contributed by atoms with E-state index in [-0.39, 0.29) is 0 Å². The first-order chi connectivity index (χ1) is 23.8. The molecule has 1 aromatic heterocycles. The zero-order valence-corrected chi connectivity index (χ0v) is 26.1. The summed E-state index contributed by atoms with van der Waals surface area (Å²) < 4.78 is 6.25. The van der Waals surface area contributed by atoms with Crippen LogP contribution in [-0.4, -0.2) is 0 Å². The van der Waals surface area contributed by atoms with Crippen molar-refractivity contribution < 1.29 is 4.42 Å². The third kappa shape index (κ3) is 4.13. The SMILES string of the molecule is c1ccc(N(c2ccc(-c3cccc4ccc5ccc6ccccc6c5c34)cc2)c2ccc3ccc4oc5ccccc5c4c3c2)cc1. The Hall–Kier alpha value is -6.38. The summed E-state index contributed by atoms with van der Waals surface area (Å²) in [5, 5.41) is 12.3. The highest BCUT2D eigenvalue weighted by Gasteiger charge is 2.17. The third-order valence-corrected chi connectivity index (χ3v) is 9.80. The zero-order chi connectivity index (χ0) is 31.6. The van der Waals surface area contributed by atoms with Gasteiger partial charge in [0.1, 0.15) is 11.2 Å². The van der Waals surface area contributed by atoms with Crippen LogP contribution in [0.3, 0.4) is 0 Å². The minimum atomic E-state index is 0.909. The van der Waals surface area contributed by atoms with E-state index in [9.17, 15) is 0 Å². The van der Waals surface area contributed by atoms with Crippen LogP contribution in [0.4, 0.5) is 17.1 Å². The molecule has 10 aromatic rings. The number of benzene rings is 9. The van der Waals surface area contributed by atoms with Crippen LogP contribution in [0.2, 0.25) is 0 Å². The Bertz CT molecular complexity index is 2820. The molecular formula is C46H29NO. The molecule has 0 unspecified atom stereocenters. The van der Waals surface area contributed by atoms with Gasteiger partial charge in [-0.15, -0.1) is 0 Å². The van der Waals surface area contributed by atoms with Gasteiger partial charge in [0, 0.05) is 27.8 Å². The highest BCUT2D eigenvalue weighted by Crippen LogP contribution is 2.42. The topological polar surface area (TPSA) is 16.4 Å².